The van der Waals surface area contributed by atoms with Crippen molar-refractivity contribution in [2.24, 2.45) is 5.92 Å². The Balaban J connectivity index is 1.60. The number of thiophene rings is 1. The van der Waals surface area contributed by atoms with E-state index in [-0.39, 0.29) is 17.9 Å². The lowest BCUT2D eigenvalue weighted by Crippen LogP contribution is -2.38. The molecule has 0 bridgehead atoms. The van der Waals surface area contributed by atoms with Crippen molar-refractivity contribution >= 4 is 23.2 Å². The summed E-state index contributed by atoms with van der Waals surface area (Å²) in [6.45, 7) is 0. The Bertz CT molecular complexity index is 544. The van der Waals surface area contributed by atoms with E-state index < -0.39 is 5.97 Å². The standard InChI is InChI=1S/C16H21NO3S/c18-15(14-13-4-2-1-3-11(13)9-21-14)17-12-7-5-10(6-8-12)16(19)20/h9-10,12H,1-8H2,(H,17,18)(H,19,20). The molecule has 1 aromatic rings. The third-order valence-corrected chi connectivity index (χ3v) is 5.79. The summed E-state index contributed by atoms with van der Waals surface area (Å²) in [6.07, 6.45) is 7.41. The van der Waals surface area contributed by atoms with Crippen molar-refractivity contribution < 1.29 is 14.7 Å². The fourth-order valence-electron chi connectivity index (χ4n) is 3.45. The number of hydrogen-bond donors (Lipinski definition) is 2. The summed E-state index contributed by atoms with van der Waals surface area (Å²) in [5.41, 5.74) is 2.61. The van der Waals surface area contributed by atoms with Crippen LogP contribution in [0, 0.1) is 5.92 Å². The topological polar surface area (TPSA) is 66.4 Å². The summed E-state index contributed by atoms with van der Waals surface area (Å²) in [7, 11) is 0. The summed E-state index contributed by atoms with van der Waals surface area (Å²) in [5, 5.41) is 14.2. The maximum Gasteiger partial charge on any atom is 0.306 e. The molecule has 0 aromatic carbocycles. The number of amides is 1. The van der Waals surface area contributed by atoms with E-state index in [0.717, 1.165) is 30.6 Å². The molecule has 0 spiro atoms. The summed E-state index contributed by atoms with van der Waals surface area (Å²) >= 11 is 1.56. The first kappa shape index (κ1) is 14.6. The molecule has 2 aliphatic carbocycles. The van der Waals surface area contributed by atoms with Crippen molar-refractivity contribution in [3.8, 4) is 0 Å². The first-order chi connectivity index (χ1) is 10.1. The Hall–Kier alpha value is -1.36. The molecule has 0 atom stereocenters. The molecule has 1 aromatic heterocycles. The van der Waals surface area contributed by atoms with Crippen LogP contribution < -0.4 is 5.32 Å². The number of aryl methyl sites for hydroxylation is 1. The van der Waals surface area contributed by atoms with Crippen molar-refractivity contribution in [1.82, 2.24) is 5.32 Å². The van der Waals surface area contributed by atoms with E-state index >= 15 is 0 Å². The molecule has 1 amide bonds. The number of rotatable bonds is 3. The molecule has 114 valence electrons. The predicted molar refractivity (Wildman–Crippen MR) is 81.8 cm³/mol. The van der Waals surface area contributed by atoms with Crippen LogP contribution in [0.25, 0.3) is 0 Å². The smallest absolute Gasteiger partial charge is 0.306 e. The maximum absolute atomic E-state index is 12.4. The number of hydrogen-bond acceptors (Lipinski definition) is 3. The van der Waals surface area contributed by atoms with E-state index in [2.05, 4.69) is 10.7 Å². The van der Waals surface area contributed by atoms with E-state index in [1.165, 1.54) is 24.0 Å². The van der Waals surface area contributed by atoms with Crippen molar-refractivity contribution in [3.63, 3.8) is 0 Å². The minimum atomic E-state index is -0.702. The molecular weight excluding hydrogens is 286 g/mol. The largest absolute Gasteiger partial charge is 0.481 e. The summed E-state index contributed by atoms with van der Waals surface area (Å²) < 4.78 is 0. The second kappa shape index (κ2) is 6.18. The van der Waals surface area contributed by atoms with Crippen LogP contribution in [0.15, 0.2) is 5.38 Å². The number of carboxylic acid groups (broad SMARTS) is 1. The van der Waals surface area contributed by atoms with Gasteiger partial charge in [0.15, 0.2) is 0 Å². The molecule has 1 fully saturated rings. The minimum Gasteiger partial charge on any atom is -0.481 e. The predicted octanol–water partition coefficient (Wildman–Crippen LogP) is 3.00. The average Bonchev–Trinajstić information content (AvgIpc) is 2.92. The highest BCUT2D eigenvalue weighted by Crippen LogP contribution is 2.30. The number of fused-ring (bicyclic) bond motifs is 1. The van der Waals surface area contributed by atoms with Gasteiger partial charge in [0, 0.05) is 6.04 Å². The number of aliphatic carboxylic acids is 1. The number of carbonyl (C=O) groups is 2. The highest BCUT2D eigenvalue weighted by Gasteiger charge is 2.28. The Morgan fingerprint density at radius 1 is 1.14 bits per heavy atom. The van der Waals surface area contributed by atoms with Gasteiger partial charge in [-0.2, -0.15) is 0 Å². The second-order valence-electron chi connectivity index (χ2n) is 6.14. The van der Waals surface area contributed by atoms with Gasteiger partial charge in [-0.1, -0.05) is 0 Å². The van der Waals surface area contributed by atoms with E-state index in [4.69, 9.17) is 5.11 Å². The minimum absolute atomic E-state index is 0.0434. The fourth-order valence-corrected chi connectivity index (χ4v) is 4.51. The van der Waals surface area contributed by atoms with Crippen LogP contribution in [0.3, 0.4) is 0 Å². The molecule has 0 unspecified atom stereocenters. The quantitative estimate of drug-likeness (QED) is 0.902. The normalized spacial score (nSPS) is 25.1. The van der Waals surface area contributed by atoms with Gasteiger partial charge in [0.2, 0.25) is 0 Å². The van der Waals surface area contributed by atoms with Gasteiger partial charge in [-0.3, -0.25) is 9.59 Å². The zero-order valence-electron chi connectivity index (χ0n) is 12.1. The SMILES string of the molecule is O=C(NC1CCC(C(=O)O)CC1)c1scc2c1CCCC2. The fraction of sp³-hybridized carbons (Fsp3) is 0.625. The zero-order valence-corrected chi connectivity index (χ0v) is 12.9. The summed E-state index contributed by atoms with van der Waals surface area (Å²) in [4.78, 5) is 24.3. The lowest BCUT2D eigenvalue weighted by Gasteiger charge is -2.26. The number of carboxylic acids is 1. The Morgan fingerprint density at radius 2 is 1.86 bits per heavy atom. The Labute approximate surface area is 128 Å². The van der Waals surface area contributed by atoms with Gasteiger partial charge in [0.05, 0.1) is 10.8 Å². The Morgan fingerprint density at radius 3 is 2.57 bits per heavy atom. The first-order valence-electron chi connectivity index (χ1n) is 7.78. The van der Waals surface area contributed by atoms with Crippen LogP contribution in [0.2, 0.25) is 0 Å². The van der Waals surface area contributed by atoms with Crippen molar-refractivity contribution in [2.45, 2.75) is 57.4 Å². The van der Waals surface area contributed by atoms with Crippen molar-refractivity contribution in [2.75, 3.05) is 0 Å². The first-order valence-corrected chi connectivity index (χ1v) is 8.66. The van der Waals surface area contributed by atoms with Gasteiger partial charge in [-0.05, 0) is 67.9 Å². The molecule has 1 saturated carbocycles. The van der Waals surface area contributed by atoms with Crippen LogP contribution in [0.1, 0.15) is 59.3 Å². The van der Waals surface area contributed by atoms with Gasteiger partial charge < -0.3 is 10.4 Å². The summed E-state index contributed by atoms with van der Waals surface area (Å²) in [6, 6.07) is 0.134. The lowest BCUT2D eigenvalue weighted by molar-refractivity contribution is -0.142. The number of carbonyl (C=O) groups excluding carboxylic acids is 1. The summed E-state index contributed by atoms with van der Waals surface area (Å²) in [5.74, 6) is -0.887. The van der Waals surface area contributed by atoms with Crippen LogP contribution >= 0.6 is 11.3 Å². The van der Waals surface area contributed by atoms with Gasteiger partial charge in [-0.15, -0.1) is 11.3 Å². The van der Waals surface area contributed by atoms with Crippen molar-refractivity contribution in [3.05, 3.63) is 21.4 Å². The Kier molecular flexibility index (Phi) is 4.29. The molecule has 1 heterocycles. The monoisotopic (exact) mass is 307 g/mol. The highest BCUT2D eigenvalue weighted by molar-refractivity contribution is 7.12. The zero-order chi connectivity index (χ0) is 14.8. The second-order valence-corrected chi connectivity index (χ2v) is 7.02. The number of nitrogens with one attached hydrogen (secondary N) is 1. The molecule has 0 radical (unpaired) electrons. The molecule has 4 nitrogen and oxygen atoms in total. The van der Waals surface area contributed by atoms with Gasteiger partial charge in [0.1, 0.15) is 0 Å². The molecule has 2 aliphatic rings. The molecule has 2 N–H and O–H groups in total. The van der Waals surface area contributed by atoms with E-state index in [9.17, 15) is 9.59 Å². The van der Waals surface area contributed by atoms with E-state index in [1.54, 1.807) is 11.3 Å². The molecule has 21 heavy (non-hydrogen) atoms. The third-order valence-electron chi connectivity index (χ3n) is 4.72. The maximum atomic E-state index is 12.4. The van der Waals surface area contributed by atoms with Crippen LogP contribution in [0.5, 0.6) is 0 Å². The van der Waals surface area contributed by atoms with Crippen LogP contribution in [0.4, 0.5) is 0 Å². The van der Waals surface area contributed by atoms with Crippen molar-refractivity contribution in [1.29, 1.82) is 0 Å². The average molecular weight is 307 g/mol. The van der Waals surface area contributed by atoms with Gasteiger partial charge in [0.25, 0.3) is 5.91 Å². The third kappa shape index (κ3) is 3.12. The van der Waals surface area contributed by atoms with Crippen LogP contribution in [-0.2, 0) is 17.6 Å². The van der Waals surface area contributed by atoms with Crippen LogP contribution in [-0.4, -0.2) is 23.0 Å². The molecule has 5 heteroatoms. The molecule has 0 saturated heterocycles. The molecular formula is C16H21NO3S. The van der Waals surface area contributed by atoms with Gasteiger partial charge in [-0.25, -0.2) is 0 Å². The van der Waals surface area contributed by atoms with E-state index in [0.29, 0.717) is 12.8 Å². The lowest BCUT2D eigenvalue weighted by atomic mass is 9.86. The molecule has 3 rings (SSSR count). The van der Waals surface area contributed by atoms with Gasteiger partial charge >= 0.3 is 5.97 Å². The van der Waals surface area contributed by atoms with E-state index in [1.807, 2.05) is 0 Å². The highest BCUT2D eigenvalue weighted by atomic mass is 32.1. The molecule has 0 aliphatic heterocycles.